The number of esters is 2. The van der Waals surface area contributed by atoms with Crippen molar-refractivity contribution < 1.29 is 19.1 Å². The molecule has 0 radical (unpaired) electrons. The van der Waals surface area contributed by atoms with Gasteiger partial charge in [0.05, 0.1) is 25.0 Å². The summed E-state index contributed by atoms with van der Waals surface area (Å²) >= 11 is 0. The van der Waals surface area contributed by atoms with Crippen molar-refractivity contribution in [3.63, 3.8) is 0 Å². The summed E-state index contributed by atoms with van der Waals surface area (Å²) in [5.74, 6) is -1.96. The number of hydrogen-bond acceptors (Lipinski definition) is 4. The van der Waals surface area contributed by atoms with E-state index in [1.54, 1.807) is 0 Å². The van der Waals surface area contributed by atoms with Gasteiger partial charge in [-0.3, -0.25) is 9.59 Å². The van der Waals surface area contributed by atoms with Gasteiger partial charge in [0, 0.05) is 0 Å². The third kappa shape index (κ3) is 9.25. The van der Waals surface area contributed by atoms with Crippen LogP contribution in [0.15, 0.2) is 60.7 Å². The molecule has 0 fully saturated rings. The molecule has 0 saturated carbocycles. The Morgan fingerprint density at radius 1 is 0.625 bits per heavy atom. The van der Waals surface area contributed by atoms with Gasteiger partial charge in [0.1, 0.15) is 0 Å². The fourth-order valence-electron chi connectivity index (χ4n) is 3.31. The van der Waals surface area contributed by atoms with E-state index in [0.29, 0.717) is 26.1 Å². The molecule has 0 bridgehead atoms. The molecule has 0 N–H and O–H groups in total. The fourth-order valence-corrected chi connectivity index (χ4v) is 3.31. The maximum atomic E-state index is 13.3. The Labute approximate surface area is 193 Å². The monoisotopic (exact) mass is 438 g/mol. The highest BCUT2D eigenvalue weighted by Gasteiger charge is 2.37. The SMILES string of the molecule is CC(C)(C)COC(=O)C(Cc1ccccc1)C(Cc1ccccc1)C(=O)OCC(C)(C)C. The second kappa shape index (κ2) is 11.3. The van der Waals surface area contributed by atoms with Crippen molar-refractivity contribution in [1.82, 2.24) is 0 Å². The molecule has 0 amide bonds. The lowest BCUT2D eigenvalue weighted by Gasteiger charge is -2.28. The first-order valence-corrected chi connectivity index (χ1v) is 11.4. The normalized spacial score (nSPS) is 13.8. The maximum absolute atomic E-state index is 13.3. The number of carbonyl (C=O) groups excluding carboxylic acids is 2. The van der Waals surface area contributed by atoms with Crippen LogP contribution in [0.4, 0.5) is 0 Å². The van der Waals surface area contributed by atoms with Crippen molar-refractivity contribution in [2.24, 2.45) is 22.7 Å². The molecule has 32 heavy (non-hydrogen) atoms. The standard InChI is InChI=1S/C28H38O4/c1-27(2,3)19-31-25(29)23(17-21-13-9-7-10-14-21)24(18-22-15-11-8-12-16-22)26(30)32-20-28(4,5)6/h7-16,23-24H,17-20H2,1-6H3. The van der Waals surface area contributed by atoms with Gasteiger partial charge in [-0.05, 0) is 34.8 Å². The Balaban J connectivity index is 2.35. The van der Waals surface area contributed by atoms with Gasteiger partial charge in [0.15, 0.2) is 0 Å². The summed E-state index contributed by atoms with van der Waals surface area (Å²) in [4.78, 5) is 26.6. The minimum Gasteiger partial charge on any atom is -0.465 e. The highest BCUT2D eigenvalue weighted by atomic mass is 16.5. The summed E-state index contributed by atoms with van der Waals surface area (Å²) < 4.78 is 11.4. The topological polar surface area (TPSA) is 52.6 Å². The van der Waals surface area contributed by atoms with Crippen molar-refractivity contribution in [2.45, 2.75) is 54.4 Å². The molecule has 0 saturated heterocycles. The molecule has 174 valence electrons. The number of ether oxygens (including phenoxy) is 2. The van der Waals surface area contributed by atoms with E-state index >= 15 is 0 Å². The van der Waals surface area contributed by atoms with Crippen molar-refractivity contribution in [3.8, 4) is 0 Å². The van der Waals surface area contributed by atoms with Crippen LogP contribution >= 0.6 is 0 Å². The van der Waals surface area contributed by atoms with Crippen LogP contribution in [0.1, 0.15) is 52.7 Å². The van der Waals surface area contributed by atoms with Crippen LogP contribution in [-0.2, 0) is 31.9 Å². The molecule has 0 aliphatic carbocycles. The molecule has 4 nitrogen and oxygen atoms in total. The molecule has 0 spiro atoms. The van der Waals surface area contributed by atoms with E-state index in [4.69, 9.17) is 9.47 Å². The molecule has 2 atom stereocenters. The Hall–Kier alpha value is -2.62. The minimum atomic E-state index is -0.632. The van der Waals surface area contributed by atoms with E-state index < -0.39 is 11.8 Å². The van der Waals surface area contributed by atoms with Crippen LogP contribution < -0.4 is 0 Å². The van der Waals surface area contributed by atoms with Crippen molar-refractivity contribution >= 4 is 11.9 Å². The van der Waals surface area contributed by atoms with Crippen LogP contribution in [-0.4, -0.2) is 25.2 Å². The van der Waals surface area contributed by atoms with E-state index in [-0.39, 0.29) is 22.8 Å². The minimum absolute atomic E-state index is 0.158. The number of benzene rings is 2. The van der Waals surface area contributed by atoms with E-state index in [1.807, 2.05) is 102 Å². The lowest BCUT2D eigenvalue weighted by molar-refractivity contribution is -0.163. The van der Waals surface area contributed by atoms with E-state index in [1.165, 1.54) is 0 Å². The van der Waals surface area contributed by atoms with Gasteiger partial charge in [-0.15, -0.1) is 0 Å². The summed E-state index contributed by atoms with van der Waals surface area (Å²) in [5, 5.41) is 0. The fraction of sp³-hybridized carbons (Fsp3) is 0.500. The summed E-state index contributed by atoms with van der Waals surface area (Å²) in [7, 11) is 0. The molecule has 0 aromatic heterocycles. The summed E-state index contributed by atoms with van der Waals surface area (Å²) in [6.07, 6.45) is 0.845. The summed E-state index contributed by atoms with van der Waals surface area (Å²) in [6, 6.07) is 19.6. The quantitative estimate of drug-likeness (QED) is 0.459. The first-order valence-electron chi connectivity index (χ1n) is 11.4. The zero-order valence-electron chi connectivity index (χ0n) is 20.4. The van der Waals surface area contributed by atoms with Crippen LogP contribution in [0, 0.1) is 22.7 Å². The third-order valence-electron chi connectivity index (χ3n) is 4.98. The van der Waals surface area contributed by atoms with Gasteiger partial charge >= 0.3 is 11.9 Å². The molecule has 2 unspecified atom stereocenters. The number of rotatable bonds is 9. The van der Waals surface area contributed by atoms with Crippen molar-refractivity contribution in [2.75, 3.05) is 13.2 Å². The molecular formula is C28H38O4. The third-order valence-corrected chi connectivity index (χ3v) is 4.98. The van der Waals surface area contributed by atoms with Crippen LogP contribution in [0.25, 0.3) is 0 Å². The van der Waals surface area contributed by atoms with E-state index in [2.05, 4.69) is 0 Å². The van der Waals surface area contributed by atoms with Crippen LogP contribution in [0.5, 0.6) is 0 Å². The largest absolute Gasteiger partial charge is 0.465 e. The van der Waals surface area contributed by atoms with Gasteiger partial charge in [0.2, 0.25) is 0 Å². The average Bonchev–Trinajstić information content (AvgIpc) is 2.73. The Kier molecular flexibility index (Phi) is 9.06. The van der Waals surface area contributed by atoms with E-state index in [9.17, 15) is 9.59 Å². The molecule has 0 aliphatic rings. The molecule has 2 aromatic carbocycles. The van der Waals surface area contributed by atoms with Gasteiger partial charge in [0.25, 0.3) is 0 Å². The summed E-state index contributed by atoms with van der Waals surface area (Å²) in [6.45, 7) is 12.7. The molecule has 2 aromatic rings. The predicted octanol–water partition coefficient (Wildman–Crippen LogP) is 5.88. The zero-order chi connectivity index (χ0) is 23.8. The Morgan fingerprint density at radius 3 is 1.22 bits per heavy atom. The first-order chi connectivity index (χ1) is 14.9. The molecule has 2 rings (SSSR count). The van der Waals surface area contributed by atoms with Crippen LogP contribution in [0.2, 0.25) is 0 Å². The van der Waals surface area contributed by atoms with Crippen molar-refractivity contribution in [1.29, 1.82) is 0 Å². The highest BCUT2D eigenvalue weighted by molar-refractivity contribution is 5.82. The highest BCUT2D eigenvalue weighted by Crippen LogP contribution is 2.27. The second-order valence-corrected chi connectivity index (χ2v) is 10.9. The van der Waals surface area contributed by atoms with Gasteiger partial charge in [-0.1, -0.05) is 102 Å². The molecule has 0 heterocycles. The molecular weight excluding hydrogens is 400 g/mol. The Morgan fingerprint density at radius 2 is 0.938 bits per heavy atom. The Bertz CT molecular complexity index is 771. The van der Waals surface area contributed by atoms with Gasteiger partial charge in [-0.2, -0.15) is 0 Å². The smallest absolute Gasteiger partial charge is 0.310 e. The first kappa shape index (κ1) is 25.6. The van der Waals surface area contributed by atoms with E-state index in [0.717, 1.165) is 11.1 Å². The lowest BCUT2D eigenvalue weighted by atomic mass is 9.82. The summed E-state index contributed by atoms with van der Waals surface area (Å²) in [5.41, 5.74) is 1.67. The lowest BCUT2D eigenvalue weighted by Crippen LogP contribution is -2.37. The number of carbonyl (C=O) groups is 2. The van der Waals surface area contributed by atoms with Crippen LogP contribution in [0.3, 0.4) is 0 Å². The zero-order valence-corrected chi connectivity index (χ0v) is 20.4. The maximum Gasteiger partial charge on any atom is 0.310 e. The molecule has 0 aliphatic heterocycles. The second-order valence-electron chi connectivity index (χ2n) is 10.9. The van der Waals surface area contributed by atoms with Gasteiger partial charge in [-0.25, -0.2) is 0 Å². The van der Waals surface area contributed by atoms with Crippen molar-refractivity contribution in [3.05, 3.63) is 71.8 Å². The number of hydrogen-bond donors (Lipinski definition) is 0. The average molecular weight is 439 g/mol. The van der Waals surface area contributed by atoms with Gasteiger partial charge < -0.3 is 9.47 Å². The predicted molar refractivity (Wildman–Crippen MR) is 128 cm³/mol. The molecule has 4 heteroatoms.